The molecule has 1 fully saturated rings. The second kappa shape index (κ2) is 9.46. The van der Waals surface area contributed by atoms with Crippen molar-refractivity contribution in [2.24, 2.45) is 0 Å². The van der Waals surface area contributed by atoms with E-state index in [1.165, 1.54) is 39.5 Å². The molecule has 10 nitrogen and oxygen atoms in total. The van der Waals surface area contributed by atoms with Gasteiger partial charge in [0.2, 0.25) is 11.5 Å². The Morgan fingerprint density at radius 2 is 1.78 bits per heavy atom. The van der Waals surface area contributed by atoms with E-state index in [1.54, 1.807) is 12.1 Å². The molecule has 3 rings (SSSR count). The Kier molecular flexibility index (Phi) is 6.72. The third-order valence-corrected chi connectivity index (χ3v) is 4.47. The lowest BCUT2D eigenvalue weighted by Crippen LogP contribution is -2.30. The zero-order chi connectivity index (χ0) is 23.4. The Morgan fingerprint density at radius 1 is 1.12 bits per heavy atom. The average molecular weight is 444 g/mol. The zero-order valence-electron chi connectivity index (χ0n) is 18.4. The summed E-state index contributed by atoms with van der Waals surface area (Å²) in [6, 6.07) is 5.64. The number of urea groups is 1. The van der Waals surface area contributed by atoms with Crippen LogP contribution >= 0.6 is 0 Å². The van der Waals surface area contributed by atoms with Gasteiger partial charge in [0.25, 0.3) is 5.91 Å². The highest BCUT2D eigenvalue weighted by molar-refractivity contribution is 6.13. The Labute approximate surface area is 184 Å². The number of nitrogens with one attached hydrogen (secondary N) is 1. The SMILES string of the molecule is COC(=O)c1ccc(CN2C(=O)N/C(=C\c3cc(OC)c(OC(C)C)c(OC)c3)C2=O)o1. The van der Waals surface area contributed by atoms with E-state index in [1.807, 2.05) is 13.8 Å². The molecule has 1 saturated heterocycles. The molecule has 32 heavy (non-hydrogen) atoms. The number of carbonyl (C=O) groups is 3. The van der Waals surface area contributed by atoms with Crippen LogP contribution in [0.1, 0.15) is 35.7 Å². The third kappa shape index (κ3) is 4.69. The summed E-state index contributed by atoms with van der Waals surface area (Å²) < 4.78 is 26.5. The monoisotopic (exact) mass is 444 g/mol. The number of nitrogens with zero attached hydrogens (tertiary/aromatic N) is 1. The van der Waals surface area contributed by atoms with Crippen molar-refractivity contribution in [2.75, 3.05) is 21.3 Å². The molecule has 0 spiro atoms. The van der Waals surface area contributed by atoms with Gasteiger partial charge in [-0.2, -0.15) is 0 Å². The predicted molar refractivity (Wildman–Crippen MR) is 112 cm³/mol. The highest BCUT2D eigenvalue weighted by atomic mass is 16.5. The van der Waals surface area contributed by atoms with E-state index in [4.69, 9.17) is 18.6 Å². The molecule has 1 aromatic heterocycles. The molecule has 1 aliphatic heterocycles. The summed E-state index contributed by atoms with van der Waals surface area (Å²) in [6.45, 7) is 3.61. The Balaban J connectivity index is 1.85. The summed E-state index contributed by atoms with van der Waals surface area (Å²) in [5.74, 6) is 0.318. The highest BCUT2D eigenvalue weighted by Gasteiger charge is 2.34. The van der Waals surface area contributed by atoms with Crippen molar-refractivity contribution in [2.45, 2.75) is 26.5 Å². The number of esters is 1. The maximum absolute atomic E-state index is 12.8. The van der Waals surface area contributed by atoms with Gasteiger partial charge in [-0.3, -0.25) is 9.69 Å². The summed E-state index contributed by atoms with van der Waals surface area (Å²) in [6.07, 6.45) is 1.40. The van der Waals surface area contributed by atoms with E-state index in [0.717, 1.165) is 4.90 Å². The first-order chi connectivity index (χ1) is 15.3. The van der Waals surface area contributed by atoms with Crippen LogP contribution in [0.15, 0.2) is 34.4 Å². The molecule has 0 atom stereocenters. The van der Waals surface area contributed by atoms with Crippen molar-refractivity contribution in [3.05, 3.63) is 47.0 Å². The van der Waals surface area contributed by atoms with Crippen molar-refractivity contribution in [1.82, 2.24) is 10.2 Å². The summed E-state index contributed by atoms with van der Waals surface area (Å²) in [7, 11) is 4.22. The molecule has 1 aromatic carbocycles. The second-order valence-corrected chi connectivity index (χ2v) is 7.06. The lowest BCUT2D eigenvalue weighted by Gasteiger charge is -2.17. The Bertz CT molecular complexity index is 1040. The number of benzene rings is 1. The maximum atomic E-state index is 12.8. The van der Waals surface area contributed by atoms with Gasteiger partial charge in [0.05, 0.1) is 34.0 Å². The fourth-order valence-corrected chi connectivity index (χ4v) is 3.05. The maximum Gasteiger partial charge on any atom is 0.373 e. The van der Waals surface area contributed by atoms with E-state index in [2.05, 4.69) is 10.1 Å². The molecule has 1 N–H and O–H groups in total. The van der Waals surface area contributed by atoms with E-state index < -0.39 is 17.9 Å². The molecular formula is C22H24N2O8. The third-order valence-electron chi connectivity index (χ3n) is 4.47. The average Bonchev–Trinajstić information content (AvgIpc) is 3.34. The number of imide groups is 1. The Morgan fingerprint density at radius 3 is 2.34 bits per heavy atom. The van der Waals surface area contributed by atoms with Gasteiger partial charge in [-0.15, -0.1) is 0 Å². The molecule has 2 aromatic rings. The first-order valence-corrected chi connectivity index (χ1v) is 9.71. The van der Waals surface area contributed by atoms with Gasteiger partial charge in [0.15, 0.2) is 11.5 Å². The quantitative estimate of drug-likeness (QED) is 0.375. The van der Waals surface area contributed by atoms with Crippen LogP contribution in [-0.2, 0) is 16.1 Å². The molecule has 1 aliphatic rings. The van der Waals surface area contributed by atoms with Crippen LogP contribution in [0.25, 0.3) is 6.08 Å². The number of amides is 3. The molecule has 170 valence electrons. The van der Waals surface area contributed by atoms with Crippen LogP contribution in [0.3, 0.4) is 0 Å². The summed E-state index contributed by atoms with van der Waals surface area (Å²) in [5, 5.41) is 2.54. The fourth-order valence-electron chi connectivity index (χ4n) is 3.05. The second-order valence-electron chi connectivity index (χ2n) is 7.06. The van der Waals surface area contributed by atoms with Crippen LogP contribution in [0.5, 0.6) is 17.2 Å². The molecule has 10 heteroatoms. The predicted octanol–water partition coefficient (Wildman–Crippen LogP) is 2.96. The minimum Gasteiger partial charge on any atom is -0.493 e. The molecule has 0 radical (unpaired) electrons. The molecular weight excluding hydrogens is 420 g/mol. The smallest absolute Gasteiger partial charge is 0.373 e. The number of carbonyl (C=O) groups excluding carboxylic acids is 3. The number of methoxy groups -OCH3 is 3. The Hall–Kier alpha value is -3.95. The van der Waals surface area contributed by atoms with Crippen molar-refractivity contribution in [3.63, 3.8) is 0 Å². The van der Waals surface area contributed by atoms with E-state index >= 15 is 0 Å². The minimum absolute atomic E-state index is 0.0202. The van der Waals surface area contributed by atoms with Crippen molar-refractivity contribution in [1.29, 1.82) is 0 Å². The van der Waals surface area contributed by atoms with Gasteiger partial charge in [0.1, 0.15) is 11.5 Å². The summed E-state index contributed by atoms with van der Waals surface area (Å²) in [5.41, 5.74) is 0.627. The van der Waals surface area contributed by atoms with Crippen LogP contribution in [0, 0.1) is 0 Å². The standard InChI is InChI=1S/C22H24N2O8/c1-12(2)31-19-17(28-3)9-13(10-18(19)29-4)8-15-20(25)24(22(27)23-15)11-14-6-7-16(32-14)21(26)30-5/h6-10,12H,11H2,1-5H3,(H,23,27)/b15-8-. The number of hydrogen-bond acceptors (Lipinski definition) is 8. The number of furan rings is 1. The number of hydrogen-bond donors (Lipinski definition) is 1. The van der Waals surface area contributed by atoms with Gasteiger partial charge in [-0.25, -0.2) is 9.59 Å². The molecule has 0 unspecified atom stereocenters. The highest BCUT2D eigenvalue weighted by Crippen LogP contribution is 2.39. The molecule has 3 amide bonds. The van der Waals surface area contributed by atoms with Gasteiger partial charge in [-0.1, -0.05) is 0 Å². The van der Waals surface area contributed by atoms with E-state index in [0.29, 0.717) is 22.8 Å². The van der Waals surface area contributed by atoms with Gasteiger partial charge >= 0.3 is 12.0 Å². The number of rotatable bonds is 8. The minimum atomic E-state index is -0.651. The van der Waals surface area contributed by atoms with Gasteiger partial charge < -0.3 is 28.7 Å². The van der Waals surface area contributed by atoms with E-state index in [9.17, 15) is 14.4 Å². The normalized spacial score (nSPS) is 14.7. The number of ether oxygens (including phenoxy) is 4. The van der Waals surface area contributed by atoms with E-state index in [-0.39, 0.29) is 29.9 Å². The van der Waals surface area contributed by atoms with Crippen LogP contribution in [-0.4, -0.2) is 50.2 Å². The lowest BCUT2D eigenvalue weighted by molar-refractivity contribution is -0.123. The van der Waals surface area contributed by atoms with Crippen LogP contribution in [0.2, 0.25) is 0 Å². The first kappa shape index (κ1) is 22.7. The van der Waals surface area contributed by atoms with Gasteiger partial charge in [-0.05, 0) is 49.8 Å². The summed E-state index contributed by atoms with van der Waals surface area (Å²) >= 11 is 0. The molecule has 0 bridgehead atoms. The summed E-state index contributed by atoms with van der Waals surface area (Å²) in [4.78, 5) is 37.6. The fraction of sp³-hybridized carbons (Fsp3) is 0.318. The molecule has 0 saturated carbocycles. The molecule has 2 heterocycles. The van der Waals surface area contributed by atoms with Gasteiger partial charge in [0, 0.05) is 0 Å². The largest absolute Gasteiger partial charge is 0.493 e. The van der Waals surface area contributed by atoms with Crippen molar-refractivity contribution >= 4 is 24.0 Å². The lowest BCUT2D eigenvalue weighted by atomic mass is 10.1. The molecule has 0 aliphatic carbocycles. The van der Waals surface area contributed by atoms with Crippen LogP contribution in [0.4, 0.5) is 4.79 Å². The topological polar surface area (TPSA) is 117 Å². The zero-order valence-corrected chi connectivity index (χ0v) is 18.4. The van der Waals surface area contributed by atoms with Crippen molar-refractivity contribution < 1.29 is 37.7 Å². The van der Waals surface area contributed by atoms with Crippen molar-refractivity contribution in [3.8, 4) is 17.2 Å². The van der Waals surface area contributed by atoms with Crippen LogP contribution < -0.4 is 19.5 Å². The first-order valence-electron chi connectivity index (χ1n) is 9.71.